The Kier molecular flexibility index (Phi) is 5.32. The van der Waals surface area contributed by atoms with Gasteiger partial charge in [-0.15, -0.1) is 0 Å². The lowest BCUT2D eigenvalue weighted by atomic mass is 9.81. The van der Waals surface area contributed by atoms with E-state index in [2.05, 4.69) is 15.1 Å². The molecule has 0 amide bonds. The highest BCUT2D eigenvalue weighted by atomic mass is 16.3. The predicted octanol–water partition coefficient (Wildman–Crippen LogP) is 0.765. The van der Waals surface area contributed by atoms with Gasteiger partial charge in [0.25, 0.3) is 0 Å². The molecular weight excluding hydrogens is 250 g/mol. The number of rotatable bonds is 5. The summed E-state index contributed by atoms with van der Waals surface area (Å²) in [6.45, 7) is 9.95. The van der Waals surface area contributed by atoms with Gasteiger partial charge in [-0.2, -0.15) is 0 Å². The Bertz CT molecular complexity index is 279. The summed E-state index contributed by atoms with van der Waals surface area (Å²) in [6.07, 6.45) is 6.28. The van der Waals surface area contributed by atoms with Gasteiger partial charge in [-0.25, -0.2) is 0 Å². The van der Waals surface area contributed by atoms with Gasteiger partial charge in [0.1, 0.15) is 0 Å². The molecule has 4 heteroatoms. The molecule has 0 atom stereocenters. The van der Waals surface area contributed by atoms with Crippen LogP contribution in [0.3, 0.4) is 0 Å². The number of aliphatic hydroxyl groups excluding tert-OH is 1. The zero-order valence-corrected chi connectivity index (χ0v) is 12.8. The molecule has 0 spiro atoms. The summed E-state index contributed by atoms with van der Waals surface area (Å²) in [6, 6.07) is 0. The van der Waals surface area contributed by atoms with Gasteiger partial charge in [0.15, 0.2) is 0 Å². The third-order valence-corrected chi connectivity index (χ3v) is 5.50. The second-order valence-electron chi connectivity index (χ2n) is 7.12. The van der Waals surface area contributed by atoms with Crippen LogP contribution in [0.15, 0.2) is 0 Å². The monoisotopic (exact) mass is 281 g/mol. The van der Waals surface area contributed by atoms with Gasteiger partial charge in [0, 0.05) is 32.7 Å². The smallest absolute Gasteiger partial charge is 0.0546 e. The average molecular weight is 281 g/mol. The molecule has 0 aromatic heterocycles. The minimum Gasteiger partial charge on any atom is -0.393 e. The van der Waals surface area contributed by atoms with Crippen LogP contribution >= 0.6 is 0 Å². The lowest BCUT2D eigenvalue weighted by molar-refractivity contribution is 0.0179. The van der Waals surface area contributed by atoms with E-state index in [-0.39, 0.29) is 6.10 Å². The summed E-state index contributed by atoms with van der Waals surface area (Å²) in [5.74, 6) is 1.73. The molecule has 0 aromatic carbocycles. The van der Waals surface area contributed by atoms with Gasteiger partial charge in [-0.3, -0.25) is 0 Å². The number of hydrogen-bond donors (Lipinski definition) is 2. The SMILES string of the molecule is OC1CC(CN2CCC(CCN3CCNCC3)CC2)C1. The van der Waals surface area contributed by atoms with Crippen molar-refractivity contribution in [2.75, 3.05) is 52.4 Å². The largest absolute Gasteiger partial charge is 0.393 e. The molecule has 2 heterocycles. The molecule has 1 saturated carbocycles. The minimum atomic E-state index is 0.0107. The fourth-order valence-electron chi connectivity index (χ4n) is 3.97. The molecule has 0 radical (unpaired) electrons. The van der Waals surface area contributed by atoms with E-state index in [0.717, 1.165) is 24.7 Å². The highest BCUT2D eigenvalue weighted by Gasteiger charge is 2.30. The van der Waals surface area contributed by atoms with E-state index in [1.165, 1.54) is 71.6 Å². The van der Waals surface area contributed by atoms with Crippen molar-refractivity contribution >= 4 is 0 Å². The normalized spacial score (nSPS) is 34.0. The fraction of sp³-hybridized carbons (Fsp3) is 1.00. The molecule has 0 bridgehead atoms. The van der Waals surface area contributed by atoms with Crippen LogP contribution in [-0.2, 0) is 0 Å². The summed E-state index contributed by atoms with van der Waals surface area (Å²) >= 11 is 0. The number of piperazine rings is 1. The molecule has 1 aliphatic carbocycles. The van der Waals surface area contributed by atoms with E-state index in [9.17, 15) is 5.11 Å². The van der Waals surface area contributed by atoms with E-state index < -0.39 is 0 Å². The molecular formula is C16H31N3O. The maximum Gasteiger partial charge on any atom is 0.0546 e. The number of nitrogens with zero attached hydrogens (tertiary/aromatic N) is 2. The van der Waals surface area contributed by atoms with Crippen LogP contribution < -0.4 is 5.32 Å². The molecule has 2 saturated heterocycles. The highest BCUT2D eigenvalue weighted by Crippen LogP contribution is 2.29. The number of aliphatic hydroxyl groups is 1. The van der Waals surface area contributed by atoms with Gasteiger partial charge >= 0.3 is 0 Å². The Morgan fingerprint density at radius 3 is 2.25 bits per heavy atom. The van der Waals surface area contributed by atoms with Crippen LogP contribution in [0.1, 0.15) is 32.1 Å². The van der Waals surface area contributed by atoms with E-state index in [1.807, 2.05) is 0 Å². The quantitative estimate of drug-likeness (QED) is 0.780. The topological polar surface area (TPSA) is 38.7 Å². The van der Waals surface area contributed by atoms with Crippen LogP contribution in [0.4, 0.5) is 0 Å². The lowest BCUT2D eigenvalue weighted by Gasteiger charge is -2.39. The molecule has 20 heavy (non-hydrogen) atoms. The molecule has 3 rings (SSSR count). The van der Waals surface area contributed by atoms with E-state index >= 15 is 0 Å². The molecule has 2 N–H and O–H groups in total. The van der Waals surface area contributed by atoms with Crippen molar-refractivity contribution in [1.82, 2.24) is 15.1 Å². The van der Waals surface area contributed by atoms with E-state index in [0.29, 0.717) is 0 Å². The maximum absolute atomic E-state index is 9.36. The summed E-state index contributed by atoms with van der Waals surface area (Å²) in [4.78, 5) is 5.26. The van der Waals surface area contributed by atoms with Crippen LogP contribution in [-0.4, -0.2) is 73.4 Å². The van der Waals surface area contributed by atoms with Gasteiger partial charge < -0.3 is 20.2 Å². The number of likely N-dealkylation sites (tertiary alicyclic amines) is 1. The van der Waals surface area contributed by atoms with Crippen LogP contribution in [0.25, 0.3) is 0 Å². The standard InChI is InChI=1S/C16H31N3O/c20-16-11-15(12-16)13-19-7-2-14(3-8-19)1-6-18-9-4-17-5-10-18/h14-17,20H,1-13H2. The number of nitrogens with one attached hydrogen (secondary N) is 1. The van der Waals surface area contributed by atoms with Crippen LogP contribution in [0.2, 0.25) is 0 Å². The summed E-state index contributed by atoms with van der Waals surface area (Å²) < 4.78 is 0. The molecule has 0 aromatic rings. The Balaban J connectivity index is 1.28. The Labute approximate surface area is 123 Å². The first-order chi connectivity index (χ1) is 9.79. The summed E-state index contributed by atoms with van der Waals surface area (Å²) in [5, 5.41) is 12.8. The predicted molar refractivity (Wildman–Crippen MR) is 81.8 cm³/mol. The molecule has 2 aliphatic heterocycles. The van der Waals surface area contributed by atoms with Crippen molar-refractivity contribution in [3.05, 3.63) is 0 Å². The van der Waals surface area contributed by atoms with Gasteiger partial charge in [0.05, 0.1) is 6.10 Å². The van der Waals surface area contributed by atoms with Crippen LogP contribution in [0, 0.1) is 11.8 Å². The Hall–Kier alpha value is -0.160. The lowest BCUT2D eigenvalue weighted by Crippen LogP contribution is -2.45. The average Bonchev–Trinajstić information content (AvgIpc) is 2.46. The first-order valence-corrected chi connectivity index (χ1v) is 8.63. The fourth-order valence-corrected chi connectivity index (χ4v) is 3.97. The van der Waals surface area contributed by atoms with Crippen molar-refractivity contribution in [2.45, 2.75) is 38.2 Å². The molecule has 3 aliphatic rings. The van der Waals surface area contributed by atoms with Crippen molar-refractivity contribution in [3.63, 3.8) is 0 Å². The van der Waals surface area contributed by atoms with Crippen molar-refractivity contribution in [1.29, 1.82) is 0 Å². The van der Waals surface area contributed by atoms with Crippen molar-refractivity contribution in [3.8, 4) is 0 Å². The zero-order valence-electron chi connectivity index (χ0n) is 12.8. The molecule has 3 fully saturated rings. The zero-order chi connectivity index (χ0) is 13.8. The molecule has 116 valence electrons. The first kappa shape index (κ1) is 14.8. The number of piperidine rings is 1. The number of hydrogen-bond acceptors (Lipinski definition) is 4. The molecule has 4 nitrogen and oxygen atoms in total. The maximum atomic E-state index is 9.36. The Morgan fingerprint density at radius 2 is 1.60 bits per heavy atom. The third kappa shape index (κ3) is 4.17. The second kappa shape index (κ2) is 7.21. The van der Waals surface area contributed by atoms with E-state index in [1.54, 1.807) is 0 Å². The Morgan fingerprint density at radius 1 is 0.900 bits per heavy atom. The van der Waals surface area contributed by atoms with Gasteiger partial charge in [-0.1, -0.05) is 0 Å². The molecule has 0 unspecified atom stereocenters. The van der Waals surface area contributed by atoms with Gasteiger partial charge in [0.2, 0.25) is 0 Å². The minimum absolute atomic E-state index is 0.0107. The first-order valence-electron chi connectivity index (χ1n) is 8.63. The highest BCUT2D eigenvalue weighted by molar-refractivity contribution is 4.83. The summed E-state index contributed by atoms with van der Waals surface area (Å²) in [7, 11) is 0. The summed E-state index contributed by atoms with van der Waals surface area (Å²) in [5.41, 5.74) is 0. The van der Waals surface area contributed by atoms with Crippen molar-refractivity contribution in [2.24, 2.45) is 11.8 Å². The van der Waals surface area contributed by atoms with E-state index in [4.69, 9.17) is 0 Å². The third-order valence-electron chi connectivity index (χ3n) is 5.50. The van der Waals surface area contributed by atoms with Gasteiger partial charge in [-0.05, 0) is 63.6 Å². The van der Waals surface area contributed by atoms with Crippen LogP contribution in [0.5, 0.6) is 0 Å². The van der Waals surface area contributed by atoms with Crippen molar-refractivity contribution < 1.29 is 5.11 Å². The second-order valence-corrected chi connectivity index (χ2v) is 7.12.